The molecule has 0 fully saturated rings. The molecule has 1 aromatic heterocycles. The van der Waals surface area contributed by atoms with Crippen LogP contribution in [0.2, 0.25) is 0 Å². The average molecular weight is 498 g/mol. The van der Waals surface area contributed by atoms with Gasteiger partial charge in [-0.1, -0.05) is 30.3 Å². The number of rotatable bonds is 5. The minimum absolute atomic E-state index is 0.185. The van der Waals surface area contributed by atoms with E-state index in [-0.39, 0.29) is 16.6 Å². The molecule has 1 amide bonds. The first-order chi connectivity index (χ1) is 17.5. The van der Waals surface area contributed by atoms with Gasteiger partial charge < -0.3 is 10.6 Å². The number of carbonyl (C=O) groups excluding carboxylic acids is 1. The van der Waals surface area contributed by atoms with E-state index in [4.69, 9.17) is 5.10 Å². The van der Waals surface area contributed by atoms with Crippen molar-refractivity contribution >= 4 is 27.5 Å². The minimum atomic E-state index is -3.70. The molecule has 2 heterocycles. The summed E-state index contributed by atoms with van der Waals surface area (Å²) in [4.78, 5) is 13.0. The smallest absolute Gasteiger partial charge is 0.285 e. The highest BCUT2D eigenvalue weighted by atomic mass is 32.2. The second kappa shape index (κ2) is 8.76. The quantitative estimate of drug-likeness (QED) is 0.436. The summed E-state index contributed by atoms with van der Waals surface area (Å²) >= 11 is 0. The SMILES string of the molecule is O=C(NCc1nn(-c2ccccc2)c2c1CCC2)c1ccc(NC2=NS(=O)(=O)c3ccccc32)cc1. The molecule has 0 radical (unpaired) electrons. The predicted molar refractivity (Wildman–Crippen MR) is 137 cm³/mol. The van der Waals surface area contributed by atoms with Crippen molar-refractivity contribution in [2.75, 3.05) is 5.32 Å². The summed E-state index contributed by atoms with van der Waals surface area (Å²) in [6, 6.07) is 23.6. The highest BCUT2D eigenvalue weighted by Crippen LogP contribution is 2.28. The molecule has 2 aliphatic rings. The van der Waals surface area contributed by atoms with E-state index in [1.807, 2.05) is 35.0 Å². The van der Waals surface area contributed by atoms with Crippen LogP contribution < -0.4 is 10.6 Å². The number of amides is 1. The Morgan fingerprint density at radius 1 is 0.917 bits per heavy atom. The monoisotopic (exact) mass is 497 g/mol. The highest BCUT2D eigenvalue weighted by molar-refractivity contribution is 7.90. The zero-order chi connectivity index (χ0) is 24.7. The predicted octanol–water partition coefficient (Wildman–Crippen LogP) is 3.85. The molecule has 9 heteroatoms. The first-order valence-corrected chi connectivity index (χ1v) is 13.2. The number of anilines is 1. The Hall–Kier alpha value is -4.24. The number of benzene rings is 3. The lowest BCUT2D eigenvalue weighted by Crippen LogP contribution is -2.23. The maximum Gasteiger partial charge on any atom is 0.285 e. The summed E-state index contributed by atoms with van der Waals surface area (Å²) < 4.78 is 30.3. The van der Waals surface area contributed by atoms with Gasteiger partial charge in [-0.25, -0.2) is 4.68 Å². The molecule has 0 unspecified atom stereocenters. The molecular formula is C27H23N5O3S. The van der Waals surface area contributed by atoms with E-state index in [9.17, 15) is 13.2 Å². The number of sulfonamides is 1. The fraction of sp³-hybridized carbons (Fsp3) is 0.148. The fourth-order valence-electron chi connectivity index (χ4n) is 4.74. The molecule has 0 spiro atoms. The van der Waals surface area contributed by atoms with Crippen LogP contribution in [0.4, 0.5) is 5.69 Å². The van der Waals surface area contributed by atoms with Crippen molar-refractivity contribution in [2.24, 2.45) is 4.40 Å². The molecule has 0 saturated carbocycles. The largest absolute Gasteiger partial charge is 0.346 e. The maximum atomic E-state index is 12.8. The summed E-state index contributed by atoms with van der Waals surface area (Å²) in [5, 5.41) is 10.8. The van der Waals surface area contributed by atoms with Gasteiger partial charge in [0.1, 0.15) is 4.90 Å². The average Bonchev–Trinajstić information content (AvgIpc) is 3.57. The molecule has 36 heavy (non-hydrogen) atoms. The summed E-state index contributed by atoms with van der Waals surface area (Å²) in [6.45, 7) is 0.354. The van der Waals surface area contributed by atoms with Crippen molar-refractivity contribution in [2.45, 2.75) is 30.7 Å². The Labute approximate surface area is 208 Å². The van der Waals surface area contributed by atoms with Crippen LogP contribution in [0.15, 0.2) is 88.2 Å². The van der Waals surface area contributed by atoms with Crippen LogP contribution in [0.25, 0.3) is 5.69 Å². The maximum absolute atomic E-state index is 12.8. The van der Waals surface area contributed by atoms with E-state index in [0.29, 0.717) is 23.4 Å². The van der Waals surface area contributed by atoms with E-state index in [1.165, 1.54) is 17.3 Å². The standard InChI is InChI=1S/C27H23N5O3S/c33-27(28-17-23-21-10-6-11-24(21)32(30-23)20-7-2-1-3-8-20)18-13-15-19(16-14-18)29-26-22-9-4-5-12-25(22)36(34,35)31-26/h1-5,7-9,12-16H,6,10-11,17H2,(H,28,33)(H,29,31). The van der Waals surface area contributed by atoms with Crippen LogP contribution in [0.3, 0.4) is 0 Å². The topological polar surface area (TPSA) is 105 Å². The Morgan fingerprint density at radius 3 is 2.47 bits per heavy atom. The molecule has 4 aromatic rings. The number of aromatic nitrogens is 2. The van der Waals surface area contributed by atoms with Crippen molar-refractivity contribution in [3.05, 3.63) is 107 Å². The molecule has 1 aliphatic carbocycles. The van der Waals surface area contributed by atoms with E-state index in [0.717, 1.165) is 30.6 Å². The molecule has 0 bridgehead atoms. The van der Waals surface area contributed by atoms with Gasteiger partial charge >= 0.3 is 0 Å². The van der Waals surface area contributed by atoms with Gasteiger partial charge in [-0.2, -0.15) is 13.5 Å². The number of amidine groups is 1. The lowest BCUT2D eigenvalue weighted by molar-refractivity contribution is 0.0950. The Bertz CT molecular complexity index is 1610. The van der Waals surface area contributed by atoms with Crippen LogP contribution in [0.5, 0.6) is 0 Å². The molecular weight excluding hydrogens is 474 g/mol. The summed E-state index contributed by atoms with van der Waals surface area (Å²) in [7, 11) is -3.70. The number of fused-ring (bicyclic) bond motifs is 2. The van der Waals surface area contributed by atoms with E-state index < -0.39 is 10.0 Å². The van der Waals surface area contributed by atoms with Crippen molar-refractivity contribution in [1.82, 2.24) is 15.1 Å². The van der Waals surface area contributed by atoms with Gasteiger partial charge in [0.05, 0.1) is 17.9 Å². The van der Waals surface area contributed by atoms with Gasteiger partial charge in [0.15, 0.2) is 5.84 Å². The van der Waals surface area contributed by atoms with Crippen molar-refractivity contribution < 1.29 is 13.2 Å². The van der Waals surface area contributed by atoms with Gasteiger partial charge in [0.25, 0.3) is 15.9 Å². The van der Waals surface area contributed by atoms with Crippen LogP contribution >= 0.6 is 0 Å². The lowest BCUT2D eigenvalue weighted by Gasteiger charge is -2.08. The van der Waals surface area contributed by atoms with E-state index >= 15 is 0 Å². The molecule has 180 valence electrons. The second-order valence-electron chi connectivity index (χ2n) is 8.77. The molecule has 0 saturated heterocycles. The van der Waals surface area contributed by atoms with Crippen LogP contribution in [-0.4, -0.2) is 29.9 Å². The van der Waals surface area contributed by atoms with Gasteiger partial charge in [-0.15, -0.1) is 4.40 Å². The third-order valence-corrected chi connectivity index (χ3v) is 7.81. The summed E-state index contributed by atoms with van der Waals surface area (Å²) in [5.41, 5.74) is 6.04. The van der Waals surface area contributed by atoms with E-state index in [1.54, 1.807) is 42.5 Å². The lowest BCUT2D eigenvalue weighted by atomic mass is 10.1. The van der Waals surface area contributed by atoms with Gasteiger partial charge in [-0.3, -0.25) is 4.79 Å². The van der Waals surface area contributed by atoms with Crippen LogP contribution in [-0.2, 0) is 29.4 Å². The zero-order valence-electron chi connectivity index (χ0n) is 19.3. The summed E-state index contributed by atoms with van der Waals surface area (Å²) in [6.07, 6.45) is 3.04. The van der Waals surface area contributed by atoms with Crippen molar-refractivity contribution in [1.29, 1.82) is 0 Å². The van der Waals surface area contributed by atoms with Gasteiger partial charge in [0.2, 0.25) is 0 Å². The molecule has 6 rings (SSSR count). The first-order valence-electron chi connectivity index (χ1n) is 11.7. The first kappa shape index (κ1) is 22.2. The normalized spacial score (nSPS) is 15.2. The van der Waals surface area contributed by atoms with Crippen LogP contribution in [0, 0.1) is 0 Å². The third kappa shape index (κ3) is 3.97. The van der Waals surface area contributed by atoms with Gasteiger partial charge in [0, 0.05) is 22.5 Å². The molecule has 8 nitrogen and oxygen atoms in total. The number of nitrogens with one attached hydrogen (secondary N) is 2. The second-order valence-corrected chi connectivity index (χ2v) is 10.3. The molecule has 2 N–H and O–H groups in total. The number of hydrogen-bond donors (Lipinski definition) is 2. The molecule has 0 atom stereocenters. The van der Waals surface area contributed by atoms with Crippen LogP contribution in [0.1, 0.15) is 39.3 Å². The number of hydrogen-bond acceptors (Lipinski definition) is 5. The highest BCUT2D eigenvalue weighted by Gasteiger charge is 2.28. The zero-order valence-corrected chi connectivity index (χ0v) is 20.1. The van der Waals surface area contributed by atoms with Crippen molar-refractivity contribution in [3.63, 3.8) is 0 Å². The molecule has 1 aliphatic heterocycles. The number of para-hydroxylation sites is 1. The number of nitrogens with zero attached hydrogens (tertiary/aromatic N) is 3. The van der Waals surface area contributed by atoms with E-state index in [2.05, 4.69) is 15.0 Å². The summed E-state index contributed by atoms with van der Waals surface area (Å²) in [5.74, 6) is 0.0688. The van der Waals surface area contributed by atoms with Gasteiger partial charge in [-0.05, 0) is 73.4 Å². The minimum Gasteiger partial charge on any atom is -0.346 e. The Balaban J connectivity index is 1.15. The Kier molecular flexibility index (Phi) is 5.41. The number of carbonyl (C=O) groups is 1. The Morgan fingerprint density at radius 2 is 1.67 bits per heavy atom. The van der Waals surface area contributed by atoms with Crippen molar-refractivity contribution in [3.8, 4) is 5.69 Å². The third-order valence-electron chi connectivity index (χ3n) is 6.47. The molecule has 3 aromatic carbocycles. The fourth-order valence-corrected chi connectivity index (χ4v) is 5.92.